The number of piperidine rings is 1. The standard InChI is InChI=1S/C12H12F3N3O3/c13-12(14,15)7-1-3-18(4-2-7)10(19)8-5-17-9(6-16-8)11(20)21/h5-7H,1-4H2,(H,20,21). The zero-order valence-corrected chi connectivity index (χ0v) is 10.8. The maximum atomic E-state index is 12.5. The molecule has 1 aromatic rings. The summed E-state index contributed by atoms with van der Waals surface area (Å²) in [5.74, 6) is -3.20. The number of alkyl halides is 3. The summed E-state index contributed by atoms with van der Waals surface area (Å²) in [5.41, 5.74) is -0.382. The minimum atomic E-state index is -4.24. The molecule has 1 aliphatic heterocycles. The van der Waals surface area contributed by atoms with Crippen molar-refractivity contribution < 1.29 is 27.9 Å². The van der Waals surface area contributed by atoms with Crippen molar-refractivity contribution in [3.8, 4) is 0 Å². The molecule has 1 N–H and O–H groups in total. The molecule has 1 amide bonds. The van der Waals surface area contributed by atoms with Gasteiger partial charge in [0.25, 0.3) is 5.91 Å². The normalized spacial score (nSPS) is 16.8. The van der Waals surface area contributed by atoms with Crippen LogP contribution in [0.25, 0.3) is 0 Å². The SMILES string of the molecule is O=C(O)c1cnc(C(=O)N2CCC(C(F)(F)F)CC2)cn1. The second kappa shape index (κ2) is 5.66. The molecule has 1 fully saturated rings. The Kier molecular flexibility index (Phi) is 4.10. The lowest BCUT2D eigenvalue weighted by atomic mass is 9.96. The first-order chi connectivity index (χ1) is 9.79. The highest BCUT2D eigenvalue weighted by Crippen LogP contribution is 2.34. The van der Waals surface area contributed by atoms with E-state index in [1.807, 2.05) is 0 Å². The average molecular weight is 303 g/mol. The van der Waals surface area contributed by atoms with E-state index in [1.165, 1.54) is 4.90 Å². The van der Waals surface area contributed by atoms with Gasteiger partial charge in [0.1, 0.15) is 5.69 Å². The van der Waals surface area contributed by atoms with Crippen molar-refractivity contribution in [1.29, 1.82) is 0 Å². The molecule has 0 atom stereocenters. The fourth-order valence-electron chi connectivity index (χ4n) is 2.12. The Balaban J connectivity index is 2.00. The number of carbonyl (C=O) groups is 2. The van der Waals surface area contributed by atoms with E-state index in [0.29, 0.717) is 0 Å². The summed E-state index contributed by atoms with van der Waals surface area (Å²) in [6.45, 7) is -0.0171. The number of rotatable bonds is 2. The molecular weight excluding hydrogens is 291 g/mol. The van der Waals surface area contributed by atoms with Crippen LogP contribution < -0.4 is 0 Å². The van der Waals surface area contributed by atoms with Crippen molar-refractivity contribution in [2.24, 2.45) is 5.92 Å². The molecule has 0 spiro atoms. The van der Waals surface area contributed by atoms with E-state index >= 15 is 0 Å². The van der Waals surface area contributed by atoms with Crippen LogP contribution in [-0.2, 0) is 0 Å². The van der Waals surface area contributed by atoms with Crippen LogP contribution >= 0.6 is 0 Å². The lowest BCUT2D eigenvalue weighted by Gasteiger charge is -2.32. The number of carbonyl (C=O) groups excluding carboxylic acids is 1. The molecule has 1 aromatic heterocycles. The zero-order valence-electron chi connectivity index (χ0n) is 10.8. The van der Waals surface area contributed by atoms with Gasteiger partial charge in [-0.05, 0) is 12.8 Å². The third-order valence-corrected chi connectivity index (χ3v) is 3.34. The molecule has 9 heteroatoms. The number of carboxylic acid groups (broad SMARTS) is 1. The highest BCUT2D eigenvalue weighted by Gasteiger charge is 2.41. The van der Waals surface area contributed by atoms with Gasteiger partial charge in [-0.25, -0.2) is 14.8 Å². The fraction of sp³-hybridized carbons (Fsp3) is 0.500. The van der Waals surface area contributed by atoms with Crippen molar-refractivity contribution in [3.63, 3.8) is 0 Å². The Morgan fingerprint density at radius 3 is 2.10 bits per heavy atom. The highest BCUT2D eigenvalue weighted by molar-refractivity contribution is 5.92. The van der Waals surface area contributed by atoms with Gasteiger partial charge in [-0.1, -0.05) is 0 Å². The molecule has 1 saturated heterocycles. The number of amides is 1. The molecule has 0 radical (unpaired) electrons. The van der Waals surface area contributed by atoms with E-state index < -0.39 is 24.0 Å². The molecule has 0 bridgehead atoms. The second-order valence-electron chi connectivity index (χ2n) is 4.70. The van der Waals surface area contributed by atoms with E-state index in [-0.39, 0.29) is 37.3 Å². The van der Waals surface area contributed by atoms with E-state index in [1.54, 1.807) is 0 Å². The molecule has 2 heterocycles. The molecule has 114 valence electrons. The van der Waals surface area contributed by atoms with Gasteiger partial charge >= 0.3 is 12.1 Å². The van der Waals surface area contributed by atoms with Crippen LogP contribution in [0.5, 0.6) is 0 Å². The summed E-state index contributed by atoms with van der Waals surface area (Å²) in [7, 11) is 0. The van der Waals surface area contributed by atoms with Gasteiger partial charge in [-0.3, -0.25) is 4.79 Å². The number of hydrogen-bond acceptors (Lipinski definition) is 4. The second-order valence-corrected chi connectivity index (χ2v) is 4.70. The summed E-state index contributed by atoms with van der Waals surface area (Å²) in [6, 6.07) is 0. The number of hydrogen-bond donors (Lipinski definition) is 1. The smallest absolute Gasteiger partial charge is 0.391 e. The van der Waals surface area contributed by atoms with Crippen molar-refractivity contribution >= 4 is 11.9 Å². The predicted octanol–water partition coefficient (Wildman–Crippen LogP) is 1.59. The zero-order chi connectivity index (χ0) is 15.6. The monoisotopic (exact) mass is 303 g/mol. The molecule has 2 rings (SSSR count). The number of nitrogens with zero attached hydrogens (tertiary/aromatic N) is 3. The van der Waals surface area contributed by atoms with Crippen molar-refractivity contribution in [2.45, 2.75) is 19.0 Å². The molecule has 0 saturated carbocycles. The molecular formula is C12H12F3N3O3. The fourth-order valence-corrected chi connectivity index (χ4v) is 2.12. The quantitative estimate of drug-likeness (QED) is 0.897. The van der Waals surface area contributed by atoms with E-state index in [9.17, 15) is 22.8 Å². The Labute approximate surface area is 117 Å². The first-order valence-electron chi connectivity index (χ1n) is 6.20. The molecule has 1 aliphatic rings. The van der Waals surface area contributed by atoms with Crippen LogP contribution in [0.3, 0.4) is 0 Å². The van der Waals surface area contributed by atoms with Gasteiger partial charge in [0.15, 0.2) is 5.69 Å². The van der Waals surface area contributed by atoms with Crippen LogP contribution in [0.4, 0.5) is 13.2 Å². The largest absolute Gasteiger partial charge is 0.476 e. The third-order valence-electron chi connectivity index (χ3n) is 3.34. The summed E-state index contributed by atoms with van der Waals surface area (Å²) in [5, 5.41) is 8.66. The lowest BCUT2D eigenvalue weighted by molar-refractivity contribution is -0.183. The van der Waals surface area contributed by atoms with Crippen LogP contribution in [0, 0.1) is 5.92 Å². The molecule has 0 unspecified atom stereocenters. The van der Waals surface area contributed by atoms with Gasteiger partial charge < -0.3 is 10.0 Å². The topological polar surface area (TPSA) is 83.4 Å². The van der Waals surface area contributed by atoms with Gasteiger partial charge in [-0.15, -0.1) is 0 Å². The minimum Gasteiger partial charge on any atom is -0.476 e. The third kappa shape index (κ3) is 3.47. The van der Waals surface area contributed by atoms with Gasteiger partial charge in [0.2, 0.25) is 0 Å². The molecule has 6 nitrogen and oxygen atoms in total. The number of aromatic nitrogens is 2. The van der Waals surface area contributed by atoms with Crippen LogP contribution in [0.15, 0.2) is 12.4 Å². The Hall–Kier alpha value is -2.19. The minimum absolute atomic E-state index is 0.00856. The van der Waals surface area contributed by atoms with Crippen molar-refractivity contribution in [1.82, 2.24) is 14.9 Å². The summed E-state index contributed by atoms with van der Waals surface area (Å²) < 4.78 is 37.6. The number of aromatic carboxylic acids is 1. The first kappa shape index (κ1) is 15.2. The van der Waals surface area contributed by atoms with Crippen LogP contribution in [0.2, 0.25) is 0 Å². The Morgan fingerprint density at radius 2 is 1.67 bits per heavy atom. The summed E-state index contributed by atoms with van der Waals surface area (Å²) >= 11 is 0. The van der Waals surface area contributed by atoms with E-state index in [4.69, 9.17) is 5.11 Å². The number of carboxylic acids is 1. The van der Waals surface area contributed by atoms with Crippen LogP contribution in [0.1, 0.15) is 33.8 Å². The Morgan fingerprint density at radius 1 is 1.14 bits per heavy atom. The summed E-state index contributed by atoms with van der Waals surface area (Å²) in [6.07, 6.45) is -2.57. The average Bonchev–Trinajstić information content (AvgIpc) is 2.46. The maximum absolute atomic E-state index is 12.5. The van der Waals surface area contributed by atoms with Crippen LogP contribution in [-0.4, -0.2) is 51.1 Å². The Bertz CT molecular complexity index is 537. The van der Waals surface area contributed by atoms with Gasteiger partial charge in [-0.2, -0.15) is 13.2 Å². The maximum Gasteiger partial charge on any atom is 0.391 e. The first-order valence-corrected chi connectivity index (χ1v) is 6.20. The highest BCUT2D eigenvalue weighted by atomic mass is 19.4. The molecule has 21 heavy (non-hydrogen) atoms. The molecule has 0 aliphatic carbocycles. The van der Waals surface area contributed by atoms with E-state index in [0.717, 1.165) is 12.4 Å². The predicted molar refractivity (Wildman–Crippen MR) is 63.7 cm³/mol. The molecule has 0 aromatic carbocycles. The number of likely N-dealkylation sites (tertiary alicyclic amines) is 1. The van der Waals surface area contributed by atoms with Gasteiger partial charge in [0, 0.05) is 13.1 Å². The number of halogens is 3. The van der Waals surface area contributed by atoms with Crippen molar-refractivity contribution in [3.05, 3.63) is 23.8 Å². The van der Waals surface area contributed by atoms with Crippen molar-refractivity contribution in [2.75, 3.05) is 13.1 Å². The lowest BCUT2D eigenvalue weighted by Crippen LogP contribution is -2.42. The summed E-state index contributed by atoms with van der Waals surface area (Å²) in [4.78, 5) is 31.2. The van der Waals surface area contributed by atoms with Gasteiger partial charge in [0.05, 0.1) is 18.3 Å². The van der Waals surface area contributed by atoms with E-state index in [2.05, 4.69) is 9.97 Å².